The van der Waals surface area contributed by atoms with E-state index in [1.807, 2.05) is 12.1 Å². The van der Waals surface area contributed by atoms with Crippen molar-refractivity contribution in [1.82, 2.24) is 5.43 Å². The number of nitrogens with zero attached hydrogens (tertiary/aromatic N) is 1. The Kier molecular flexibility index (Phi) is 7.83. The van der Waals surface area contributed by atoms with E-state index in [0.29, 0.717) is 23.7 Å². The fraction of sp³-hybridized carbons (Fsp3) is 0.250. The molecule has 0 aromatic heterocycles. The van der Waals surface area contributed by atoms with Crippen molar-refractivity contribution in [2.45, 2.75) is 13.3 Å². The van der Waals surface area contributed by atoms with Crippen LogP contribution in [0.25, 0.3) is 0 Å². The zero-order chi connectivity index (χ0) is 20.4. The van der Waals surface area contributed by atoms with Gasteiger partial charge in [-0.05, 0) is 48.4 Å². The summed E-state index contributed by atoms with van der Waals surface area (Å²) >= 11 is 0. The topological polar surface area (TPSA) is 106 Å². The van der Waals surface area contributed by atoms with E-state index in [4.69, 9.17) is 19.3 Å². The SMILES string of the molecule is CCOc1cc(/C=N\NC(=O)Cc2ccc(OC)cc2)ccc1OCC(=O)O. The molecule has 0 radical (unpaired) electrons. The molecule has 0 aliphatic carbocycles. The molecule has 0 unspecified atom stereocenters. The lowest BCUT2D eigenvalue weighted by Gasteiger charge is -2.11. The molecule has 0 heterocycles. The Hall–Kier alpha value is -3.55. The Bertz CT molecular complexity index is 833. The van der Waals surface area contributed by atoms with E-state index in [0.717, 1.165) is 11.3 Å². The summed E-state index contributed by atoms with van der Waals surface area (Å²) in [6, 6.07) is 12.1. The van der Waals surface area contributed by atoms with Crippen molar-refractivity contribution in [1.29, 1.82) is 0 Å². The van der Waals surface area contributed by atoms with Gasteiger partial charge < -0.3 is 19.3 Å². The van der Waals surface area contributed by atoms with Crippen molar-refractivity contribution in [2.75, 3.05) is 20.3 Å². The van der Waals surface area contributed by atoms with Gasteiger partial charge in [-0.1, -0.05) is 12.1 Å². The lowest BCUT2D eigenvalue weighted by molar-refractivity contribution is -0.139. The Labute approximate surface area is 162 Å². The zero-order valence-corrected chi connectivity index (χ0v) is 15.7. The van der Waals surface area contributed by atoms with Gasteiger partial charge in [-0.3, -0.25) is 4.79 Å². The van der Waals surface area contributed by atoms with E-state index in [2.05, 4.69) is 10.5 Å². The molecular formula is C20H22N2O6. The number of carbonyl (C=O) groups excluding carboxylic acids is 1. The number of carbonyl (C=O) groups is 2. The highest BCUT2D eigenvalue weighted by molar-refractivity contribution is 5.84. The monoisotopic (exact) mass is 386 g/mol. The number of aliphatic carboxylic acids is 1. The average Bonchev–Trinajstić information content (AvgIpc) is 2.68. The molecule has 0 saturated carbocycles. The molecule has 1 amide bonds. The molecule has 8 heteroatoms. The van der Waals surface area contributed by atoms with Crippen LogP contribution in [0.5, 0.6) is 17.2 Å². The molecule has 0 aliphatic heterocycles. The number of hydrazone groups is 1. The summed E-state index contributed by atoms with van der Waals surface area (Å²) < 4.78 is 15.7. The highest BCUT2D eigenvalue weighted by atomic mass is 16.5. The zero-order valence-electron chi connectivity index (χ0n) is 15.7. The van der Waals surface area contributed by atoms with Gasteiger partial charge >= 0.3 is 5.97 Å². The summed E-state index contributed by atoms with van der Waals surface area (Å²) in [5.41, 5.74) is 3.97. The van der Waals surface area contributed by atoms with Crippen molar-refractivity contribution in [3.05, 3.63) is 53.6 Å². The Morgan fingerprint density at radius 1 is 1.11 bits per heavy atom. The van der Waals surface area contributed by atoms with Crippen molar-refractivity contribution in [3.63, 3.8) is 0 Å². The van der Waals surface area contributed by atoms with Crippen molar-refractivity contribution >= 4 is 18.1 Å². The lowest BCUT2D eigenvalue weighted by atomic mass is 10.1. The highest BCUT2D eigenvalue weighted by Gasteiger charge is 2.08. The minimum atomic E-state index is -1.08. The van der Waals surface area contributed by atoms with Crippen molar-refractivity contribution in [2.24, 2.45) is 5.10 Å². The van der Waals surface area contributed by atoms with Gasteiger partial charge in [0.15, 0.2) is 18.1 Å². The third kappa shape index (κ3) is 6.64. The van der Waals surface area contributed by atoms with Crippen LogP contribution in [0.15, 0.2) is 47.6 Å². The molecule has 8 nitrogen and oxygen atoms in total. The van der Waals surface area contributed by atoms with Crippen LogP contribution in [0.3, 0.4) is 0 Å². The number of nitrogens with one attached hydrogen (secondary N) is 1. The maximum Gasteiger partial charge on any atom is 0.341 e. The molecule has 148 valence electrons. The number of amides is 1. The second-order valence-corrected chi connectivity index (χ2v) is 5.64. The molecule has 0 atom stereocenters. The molecular weight excluding hydrogens is 364 g/mol. The standard InChI is InChI=1S/C20H22N2O6/c1-3-27-18-10-15(6-9-17(18)28-13-20(24)25)12-21-22-19(23)11-14-4-7-16(26-2)8-5-14/h4-10,12H,3,11,13H2,1-2H3,(H,22,23)(H,24,25)/b21-12-. The van der Waals surface area contributed by atoms with E-state index >= 15 is 0 Å². The molecule has 2 aromatic carbocycles. The van der Waals surface area contributed by atoms with E-state index in [-0.39, 0.29) is 12.3 Å². The fourth-order valence-electron chi connectivity index (χ4n) is 2.28. The molecule has 0 saturated heterocycles. The number of carboxylic acid groups (broad SMARTS) is 1. The first-order valence-corrected chi connectivity index (χ1v) is 8.58. The molecule has 0 aliphatic rings. The molecule has 0 fully saturated rings. The van der Waals surface area contributed by atoms with Crippen LogP contribution in [0, 0.1) is 0 Å². The highest BCUT2D eigenvalue weighted by Crippen LogP contribution is 2.28. The minimum Gasteiger partial charge on any atom is -0.497 e. The van der Waals surface area contributed by atoms with E-state index in [1.54, 1.807) is 44.4 Å². The van der Waals surface area contributed by atoms with Gasteiger partial charge in [-0.2, -0.15) is 5.10 Å². The summed E-state index contributed by atoms with van der Waals surface area (Å²) in [6.07, 6.45) is 1.66. The van der Waals surface area contributed by atoms with Crippen LogP contribution in [-0.2, 0) is 16.0 Å². The van der Waals surface area contributed by atoms with Crippen LogP contribution in [-0.4, -0.2) is 43.5 Å². The number of hydrogen-bond donors (Lipinski definition) is 2. The fourth-order valence-corrected chi connectivity index (χ4v) is 2.28. The largest absolute Gasteiger partial charge is 0.497 e. The van der Waals surface area contributed by atoms with Gasteiger partial charge in [-0.15, -0.1) is 0 Å². The van der Waals surface area contributed by atoms with Gasteiger partial charge in [0.05, 0.1) is 26.4 Å². The van der Waals surface area contributed by atoms with Crippen molar-refractivity contribution < 1.29 is 28.9 Å². The summed E-state index contributed by atoms with van der Waals surface area (Å²) in [5, 5.41) is 12.7. The summed E-state index contributed by atoms with van der Waals surface area (Å²) in [7, 11) is 1.58. The number of benzene rings is 2. The molecule has 28 heavy (non-hydrogen) atoms. The number of ether oxygens (including phenoxy) is 3. The number of carboxylic acids is 1. The van der Waals surface area contributed by atoms with Crippen molar-refractivity contribution in [3.8, 4) is 17.2 Å². The Morgan fingerprint density at radius 3 is 2.50 bits per heavy atom. The van der Waals surface area contributed by atoms with E-state index in [9.17, 15) is 9.59 Å². The van der Waals surface area contributed by atoms with Gasteiger partial charge in [0.1, 0.15) is 5.75 Å². The first kappa shape index (κ1) is 20.8. The second kappa shape index (κ2) is 10.6. The molecule has 0 bridgehead atoms. The Morgan fingerprint density at radius 2 is 1.86 bits per heavy atom. The molecule has 2 rings (SSSR count). The second-order valence-electron chi connectivity index (χ2n) is 5.64. The maximum absolute atomic E-state index is 12.0. The van der Waals surface area contributed by atoms with E-state index in [1.165, 1.54) is 6.21 Å². The number of rotatable bonds is 10. The smallest absolute Gasteiger partial charge is 0.341 e. The molecule has 0 spiro atoms. The van der Waals surface area contributed by atoms with Gasteiger partial charge in [0, 0.05) is 0 Å². The average molecular weight is 386 g/mol. The van der Waals surface area contributed by atoms with Crippen LogP contribution < -0.4 is 19.6 Å². The normalized spacial score (nSPS) is 10.5. The first-order valence-electron chi connectivity index (χ1n) is 8.58. The summed E-state index contributed by atoms with van der Waals surface area (Å²) in [6.45, 7) is 1.73. The number of methoxy groups -OCH3 is 1. The predicted molar refractivity (Wildman–Crippen MR) is 103 cm³/mol. The predicted octanol–water partition coefficient (Wildman–Crippen LogP) is 2.25. The van der Waals surface area contributed by atoms with Crippen LogP contribution >= 0.6 is 0 Å². The molecule has 2 aromatic rings. The van der Waals surface area contributed by atoms with Gasteiger partial charge in [-0.25, -0.2) is 10.2 Å². The summed E-state index contributed by atoms with van der Waals surface area (Å²) in [5.74, 6) is 0.116. The third-order valence-electron chi connectivity index (χ3n) is 3.55. The maximum atomic E-state index is 12.0. The minimum absolute atomic E-state index is 0.188. The number of hydrogen-bond acceptors (Lipinski definition) is 6. The molecule has 2 N–H and O–H groups in total. The Balaban J connectivity index is 1.95. The lowest BCUT2D eigenvalue weighted by Crippen LogP contribution is -2.19. The quantitative estimate of drug-likeness (QED) is 0.479. The third-order valence-corrected chi connectivity index (χ3v) is 3.55. The van der Waals surface area contributed by atoms with Crippen LogP contribution in [0.2, 0.25) is 0 Å². The van der Waals surface area contributed by atoms with Crippen LogP contribution in [0.4, 0.5) is 0 Å². The van der Waals surface area contributed by atoms with Crippen LogP contribution in [0.1, 0.15) is 18.1 Å². The van der Waals surface area contributed by atoms with Gasteiger partial charge in [0.25, 0.3) is 0 Å². The first-order chi connectivity index (χ1) is 13.5. The summed E-state index contributed by atoms with van der Waals surface area (Å²) in [4.78, 5) is 22.6. The van der Waals surface area contributed by atoms with E-state index < -0.39 is 12.6 Å². The van der Waals surface area contributed by atoms with Gasteiger partial charge in [0.2, 0.25) is 5.91 Å².